The summed E-state index contributed by atoms with van der Waals surface area (Å²) >= 11 is 0. The van der Waals surface area contributed by atoms with E-state index in [0.29, 0.717) is 31.5 Å². The molecule has 0 aliphatic carbocycles. The number of piperidine rings is 1. The third kappa shape index (κ3) is 7.28. The zero-order chi connectivity index (χ0) is 28.6. The summed E-state index contributed by atoms with van der Waals surface area (Å²) in [4.78, 5) is 17.0. The lowest BCUT2D eigenvalue weighted by Crippen LogP contribution is -2.36. The first-order valence-electron chi connectivity index (χ1n) is 13.5. The minimum absolute atomic E-state index is 0.0608. The van der Waals surface area contributed by atoms with Crippen LogP contribution in [0.3, 0.4) is 0 Å². The second kappa shape index (κ2) is 13.1. The van der Waals surface area contributed by atoms with Gasteiger partial charge in [-0.2, -0.15) is 4.98 Å². The molecule has 210 valence electrons. The smallest absolute Gasteiger partial charge is 0.407 e. The number of halogens is 2. The fraction of sp³-hybridized carbons (Fsp3) is 0.212. The van der Waals surface area contributed by atoms with Gasteiger partial charge in [0.25, 0.3) is 0 Å². The number of ether oxygens (including phenoxy) is 2. The van der Waals surface area contributed by atoms with Crippen LogP contribution in [-0.2, 0) is 13.2 Å². The van der Waals surface area contributed by atoms with Gasteiger partial charge in [-0.25, -0.2) is 13.6 Å². The van der Waals surface area contributed by atoms with Crippen molar-refractivity contribution in [1.29, 1.82) is 0 Å². The number of pyridine rings is 1. The summed E-state index contributed by atoms with van der Waals surface area (Å²) in [6.45, 7) is 1.32. The molecule has 2 heterocycles. The Hall–Kier alpha value is -4.72. The molecule has 0 unspecified atom stereocenters. The highest BCUT2D eigenvalue weighted by molar-refractivity contribution is 5.72. The van der Waals surface area contributed by atoms with Gasteiger partial charge in [0, 0.05) is 19.2 Å². The van der Waals surface area contributed by atoms with E-state index < -0.39 is 17.7 Å². The van der Waals surface area contributed by atoms with Gasteiger partial charge in [-0.1, -0.05) is 72.8 Å². The summed E-state index contributed by atoms with van der Waals surface area (Å²) in [6.07, 6.45) is 3.98. The molecule has 3 aromatic carbocycles. The van der Waals surface area contributed by atoms with Crippen LogP contribution in [0.1, 0.15) is 29.5 Å². The second-order valence-corrected chi connectivity index (χ2v) is 9.88. The number of hydrogen-bond acceptors (Lipinski definition) is 4. The molecular weight excluding hydrogens is 526 g/mol. The first kappa shape index (κ1) is 27.8. The molecule has 41 heavy (non-hydrogen) atoms. The first-order valence-corrected chi connectivity index (χ1v) is 13.5. The highest BCUT2D eigenvalue weighted by atomic mass is 19.1. The molecule has 0 saturated carbocycles. The van der Waals surface area contributed by atoms with E-state index in [1.165, 1.54) is 17.0 Å². The molecule has 6 nitrogen and oxygen atoms in total. The highest BCUT2D eigenvalue weighted by Crippen LogP contribution is 2.36. The van der Waals surface area contributed by atoms with Crippen LogP contribution in [0.15, 0.2) is 91.0 Å². The van der Waals surface area contributed by atoms with Gasteiger partial charge in [0.1, 0.15) is 24.8 Å². The molecule has 4 aromatic rings. The van der Waals surface area contributed by atoms with E-state index in [2.05, 4.69) is 4.98 Å². The largest absolute Gasteiger partial charge is 0.473 e. The maximum atomic E-state index is 15.5. The Morgan fingerprint density at radius 3 is 2.05 bits per heavy atom. The predicted octanol–water partition coefficient (Wildman–Crippen LogP) is 7.59. The van der Waals surface area contributed by atoms with Crippen molar-refractivity contribution in [2.75, 3.05) is 13.1 Å². The number of likely N-dealkylation sites (tertiary alicyclic amines) is 1. The van der Waals surface area contributed by atoms with Gasteiger partial charge in [0.05, 0.1) is 11.1 Å². The molecule has 0 bridgehead atoms. The van der Waals surface area contributed by atoms with Gasteiger partial charge in [-0.15, -0.1) is 0 Å². The number of benzene rings is 3. The normalized spacial score (nSPS) is 13.9. The van der Waals surface area contributed by atoms with Crippen LogP contribution in [0, 0.1) is 17.6 Å². The van der Waals surface area contributed by atoms with Crippen molar-refractivity contribution in [2.45, 2.75) is 26.1 Å². The van der Waals surface area contributed by atoms with Gasteiger partial charge in [0.15, 0.2) is 0 Å². The lowest BCUT2D eigenvalue weighted by Gasteiger charge is -2.28. The van der Waals surface area contributed by atoms with Crippen molar-refractivity contribution >= 4 is 12.2 Å². The molecule has 8 heteroatoms. The minimum atomic E-state index is -0.926. The Morgan fingerprint density at radius 1 is 0.878 bits per heavy atom. The molecule has 0 spiro atoms. The van der Waals surface area contributed by atoms with Gasteiger partial charge < -0.3 is 19.5 Å². The Bertz CT molecular complexity index is 1480. The molecule has 1 fully saturated rings. The number of rotatable bonds is 9. The van der Waals surface area contributed by atoms with E-state index in [4.69, 9.17) is 14.6 Å². The monoisotopic (exact) mass is 556 g/mol. The molecule has 1 aliphatic rings. The predicted molar refractivity (Wildman–Crippen MR) is 152 cm³/mol. The van der Waals surface area contributed by atoms with Crippen molar-refractivity contribution < 1.29 is 28.2 Å². The Morgan fingerprint density at radius 2 is 1.46 bits per heavy atom. The lowest BCUT2D eigenvalue weighted by atomic mass is 9.95. The Balaban J connectivity index is 1.38. The van der Waals surface area contributed by atoms with Gasteiger partial charge in [-0.05, 0) is 53.6 Å². The third-order valence-electron chi connectivity index (χ3n) is 6.99. The van der Waals surface area contributed by atoms with Gasteiger partial charge in [0.2, 0.25) is 11.8 Å². The standard InChI is InChI=1S/C33H30F2N2O4/c34-28-19-26(12-11-23-15-17-37(18-16-23)33(38)39)20-29(35)31(28)27-13-14-30(40-21-24-7-3-1-4-8-24)36-32(27)41-22-25-9-5-2-6-10-25/h1-14,19-20,23H,15-18,21-22H2,(H,38,39)/b12-11+. The molecule has 1 aromatic heterocycles. The van der Waals surface area contributed by atoms with Crippen LogP contribution >= 0.6 is 0 Å². The van der Waals surface area contributed by atoms with Crippen LogP contribution in [0.2, 0.25) is 0 Å². The van der Waals surface area contributed by atoms with E-state index >= 15 is 8.78 Å². The molecule has 0 atom stereocenters. The maximum Gasteiger partial charge on any atom is 0.407 e. The molecule has 1 N–H and O–H groups in total. The summed E-state index contributed by atoms with van der Waals surface area (Å²) in [5.41, 5.74) is 2.17. The van der Waals surface area contributed by atoms with E-state index in [1.807, 2.05) is 66.7 Å². The first-order chi connectivity index (χ1) is 20.0. The molecule has 1 amide bonds. The number of allylic oxidation sites excluding steroid dienone is 1. The number of carbonyl (C=O) groups is 1. The van der Waals surface area contributed by atoms with Crippen LogP contribution in [0.25, 0.3) is 17.2 Å². The summed E-state index contributed by atoms with van der Waals surface area (Å²) in [6, 6.07) is 24.7. The topological polar surface area (TPSA) is 71.9 Å². The fourth-order valence-corrected chi connectivity index (χ4v) is 4.74. The number of amides is 1. The van der Waals surface area contributed by atoms with E-state index in [9.17, 15) is 4.79 Å². The summed E-state index contributed by atoms with van der Waals surface area (Å²) in [5, 5.41) is 9.12. The molecule has 1 saturated heterocycles. The third-order valence-corrected chi connectivity index (χ3v) is 6.99. The number of nitrogens with zero attached hydrogens (tertiary/aromatic N) is 2. The van der Waals surface area contributed by atoms with Crippen LogP contribution in [-0.4, -0.2) is 34.2 Å². The fourth-order valence-electron chi connectivity index (χ4n) is 4.74. The number of hydrogen-bond donors (Lipinski definition) is 1. The highest BCUT2D eigenvalue weighted by Gasteiger charge is 2.22. The van der Waals surface area contributed by atoms with Crippen LogP contribution in [0.4, 0.5) is 13.6 Å². The molecule has 1 aliphatic heterocycles. The Kier molecular flexibility index (Phi) is 8.89. The van der Waals surface area contributed by atoms with Crippen molar-refractivity contribution in [1.82, 2.24) is 9.88 Å². The van der Waals surface area contributed by atoms with Gasteiger partial charge >= 0.3 is 6.09 Å². The number of carboxylic acid groups (broad SMARTS) is 1. The van der Waals surface area contributed by atoms with Crippen LogP contribution in [0.5, 0.6) is 11.8 Å². The molecular formula is C33H30F2N2O4. The quantitative estimate of drug-likeness (QED) is 0.230. The molecule has 5 rings (SSSR count). The summed E-state index contributed by atoms with van der Waals surface area (Å²) in [7, 11) is 0. The Labute approximate surface area is 237 Å². The van der Waals surface area contributed by atoms with Crippen molar-refractivity contribution in [3.63, 3.8) is 0 Å². The van der Waals surface area contributed by atoms with E-state index in [1.54, 1.807) is 18.2 Å². The number of aromatic nitrogens is 1. The van der Waals surface area contributed by atoms with Crippen LogP contribution < -0.4 is 9.47 Å². The lowest BCUT2D eigenvalue weighted by molar-refractivity contribution is 0.129. The van der Waals surface area contributed by atoms with Crippen molar-refractivity contribution in [3.8, 4) is 22.9 Å². The second-order valence-electron chi connectivity index (χ2n) is 9.88. The minimum Gasteiger partial charge on any atom is -0.473 e. The average Bonchev–Trinajstić information content (AvgIpc) is 2.99. The van der Waals surface area contributed by atoms with Crippen molar-refractivity contribution in [2.24, 2.45) is 5.92 Å². The average molecular weight is 557 g/mol. The van der Waals surface area contributed by atoms with Crippen molar-refractivity contribution in [3.05, 3.63) is 119 Å². The SMILES string of the molecule is O=C(O)N1CCC(/C=C/c2cc(F)c(-c3ccc(OCc4ccccc4)nc3OCc3ccccc3)c(F)c2)CC1. The van der Waals surface area contributed by atoms with E-state index in [0.717, 1.165) is 11.1 Å². The maximum absolute atomic E-state index is 15.5. The molecule has 0 radical (unpaired) electrons. The van der Waals surface area contributed by atoms with Gasteiger partial charge in [-0.3, -0.25) is 0 Å². The zero-order valence-corrected chi connectivity index (χ0v) is 22.4. The zero-order valence-electron chi connectivity index (χ0n) is 22.4. The summed E-state index contributed by atoms with van der Waals surface area (Å²) in [5.74, 6) is -1.01. The summed E-state index contributed by atoms with van der Waals surface area (Å²) < 4.78 is 42.7. The van der Waals surface area contributed by atoms with E-state index in [-0.39, 0.29) is 42.0 Å².